The van der Waals surface area contributed by atoms with Gasteiger partial charge < -0.3 is 15.1 Å². The molecule has 1 heterocycles. The van der Waals surface area contributed by atoms with Crippen molar-refractivity contribution in [3.05, 3.63) is 36.0 Å². The molecule has 18 heavy (non-hydrogen) atoms. The minimum Gasteiger partial charge on any atom is -0.424 e. The average molecular weight is 245 g/mol. The van der Waals surface area contributed by atoms with Crippen molar-refractivity contribution in [1.29, 1.82) is 0 Å². The van der Waals surface area contributed by atoms with Crippen LogP contribution in [-0.4, -0.2) is 24.5 Å². The number of amides is 1. The summed E-state index contributed by atoms with van der Waals surface area (Å²) in [6, 6.07) is 7.70. The number of carbonyl (C=O) groups excluding carboxylic acids is 1. The molecule has 1 aromatic carbocycles. The minimum atomic E-state index is -0.0901. The van der Waals surface area contributed by atoms with Crippen molar-refractivity contribution in [3.63, 3.8) is 0 Å². The number of nitrogens with zero attached hydrogens (tertiary/aromatic N) is 1. The van der Waals surface area contributed by atoms with Gasteiger partial charge in [0.05, 0.1) is 6.20 Å². The molecule has 5 heteroatoms. The van der Waals surface area contributed by atoms with Gasteiger partial charge in [-0.05, 0) is 19.1 Å². The van der Waals surface area contributed by atoms with Gasteiger partial charge in [-0.1, -0.05) is 12.1 Å². The molecule has 2 N–H and O–H groups in total. The van der Waals surface area contributed by atoms with Gasteiger partial charge in [-0.25, -0.2) is 4.98 Å². The molecular weight excluding hydrogens is 230 g/mol. The highest BCUT2D eigenvalue weighted by molar-refractivity contribution is 5.95. The van der Waals surface area contributed by atoms with Crippen LogP contribution in [0.25, 0.3) is 11.3 Å². The maximum absolute atomic E-state index is 11.7. The summed E-state index contributed by atoms with van der Waals surface area (Å²) in [5.74, 6) is 0.540. The number of aromatic nitrogens is 1. The first-order valence-electron chi connectivity index (χ1n) is 5.76. The molecular formula is C13H15N3O2. The third kappa shape index (κ3) is 2.51. The number of benzene rings is 1. The van der Waals surface area contributed by atoms with Crippen molar-refractivity contribution in [2.75, 3.05) is 18.9 Å². The Morgan fingerprint density at radius 1 is 1.44 bits per heavy atom. The molecule has 1 amide bonds. The lowest BCUT2D eigenvalue weighted by molar-refractivity contribution is 0.0956. The molecule has 0 spiro atoms. The Morgan fingerprint density at radius 2 is 2.28 bits per heavy atom. The normalized spacial score (nSPS) is 10.1. The van der Waals surface area contributed by atoms with Crippen LogP contribution in [0, 0.1) is 0 Å². The highest BCUT2D eigenvalue weighted by Gasteiger charge is 2.09. The van der Waals surface area contributed by atoms with Gasteiger partial charge in [0, 0.05) is 24.7 Å². The molecule has 0 radical (unpaired) electrons. The van der Waals surface area contributed by atoms with Gasteiger partial charge >= 0.3 is 0 Å². The van der Waals surface area contributed by atoms with Crippen LogP contribution < -0.4 is 10.6 Å². The third-order valence-electron chi connectivity index (χ3n) is 2.47. The van der Waals surface area contributed by atoms with Crippen molar-refractivity contribution >= 4 is 11.9 Å². The number of rotatable bonds is 4. The molecule has 2 aromatic rings. The number of anilines is 1. The van der Waals surface area contributed by atoms with Crippen molar-refractivity contribution < 1.29 is 9.21 Å². The topological polar surface area (TPSA) is 67.2 Å². The Morgan fingerprint density at radius 3 is 2.94 bits per heavy atom. The Balaban J connectivity index is 2.29. The standard InChI is InChI=1S/C13H15N3O2/c1-3-15-12(17)10-6-4-5-9(7-10)11-8-16-13(14-2)18-11/h4-8H,3H2,1-2H3,(H,14,16)(H,15,17). The first-order valence-corrected chi connectivity index (χ1v) is 5.76. The summed E-state index contributed by atoms with van der Waals surface area (Å²) in [6.45, 7) is 2.49. The van der Waals surface area contributed by atoms with E-state index in [-0.39, 0.29) is 5.91 Å². The zero-order valence-corrected chi connectivity index (χ0v) is 10.4. The van der Waals surface area contributed by atoms with Gasteiger partial charge in [-0.3, -0.25) is 4.79 Å². The summed E-state index contributed by atoms with van der Waals surface area (Å²) in [5.41, 5.74) is 1.43. The smallest absolute Gasteiger partial charge is 0.294 e. The van der Waals surface area contributed by atoms with E-state index in [0.717, 1.165) is 5.56 Å². The summed E-state index contributed by atoms with van der Waals surface area (Å²) in [4.78, 5) is 15.8. The second-order valence-electron chi connectivity index (χ2n) is 3.72. The maximum Gasteiger partial charge on any atom is 0.294 e. The van der Waals surface area contributed by atoms with Gasteiger partial charge in [-0.15, -0.1) is 0 Å². The highest BCUT2D eigenvalue weighted by Crippen LogP contribution is 2.23. The van der Waals surface area contributed by atoms with Gasteiger partial charge in [0.2, 0.25) is 0 Å². The Hall–Kier alpha value is -2.30. The summed E-state index contributed by atoms with van der Waals surface area (Å²) in [7, 11) is 1.74. The molecule has 0 saturated carbocycles. The fourth-order valence-electron chi connectivity index (χ4n) is 1.60. The lowest BCUT2D eigenvalue weighted by Gasteiger charge is -2.03. The quantitative estimate of drug-likeness (QED) is 0.866. The molecule has 0 unspecified atom stereocenters. The summed E-state index contributed by atoms with van der Waals surface area (Å²) < 4.78 is 5.46. The second kappa shape index (κ2) is 5.35. The van der Waals surface area contributed by atoms with Gasteiger partial charge in [-0.2, -0.15) is 0 Å². The van der Waals surface area contributed by atoms with Crippen LogP contribution in [0.3, 0.4) is 0 Å². The molecule has 0 bridgehead atoms. The molecule has 1 aromatic heterocycles. The van der Waals surface area contributed by atoms with Crippen molar-refractivity contribution in [2.45, 2.75) is 6.92 Å². The van der Waals surface area contributed by atoms with E-state index in [0.29, 0.717) is 23.9 Å². The summed E-state index contributed by atoms with van der Waals surface area (Å²) in [5, 5.41) is 5.58. The van der Waals surface area contributed by atoms with Crippen LogP contribution in [0.15, 0.2) is 34.9 Å². The highest BCUT2D eigenvalue weighted by atomic mass is 16.4. The van der Waals surface area contributed by atoms with Crippen LogP contribution in [0.1, 0.15) is 17.3 Å². The Labute approximate surface area is 105 Å². The molecule has 0 saturated heterocycles. The molecule has 0 fully saturated rings. The largest absolute Gasteiger partial charge is 0.424 e. The molecule has 2 rings (SSSR count). The van der Waals surface area contributed by atoms with E-state index in [1.807, 2.05) is 19.1 Å². The van der Waals surface area contributed by atoms with E-state index in [1.165, 1.54) is 0 Å². The molecule has 94 valence electrons. The first-order chi connectivity index (χ1) is 8.74. The van der Waals surface area contributed by atoms with Gasteiger partial charge in [0.25, 0.3) is 11.9 Å². The zero-order chi connectivity index (χ0) is 13.0. The van der Waals surface area contributed by atoms with Crippen LogP contribution in [0.2, 0.25) is 0 Å². The number of hydrogen-bond acceptors (Lipinski definition) is 4. The minimum absolute atomic E-state index is 0.0901. The zero-order valence-electron chi connectivity index (χ0n) is 10.4. The molecule has 0 atom stereocenters. The van der Waals surface area contributed by atoms with Gasteiger partial charge in [0.15, 0.2) is 5.76 Å². The van der Waals surface area contributed by atoms with E-state index in [2.05, 4.69) is 15.6 Å². The Kier molecular flexibility index (Phi) is 3.62. The van der Waals surface area contributed by atoms with Crippen LogP contribution in [0.5, 0.6) is 0 Å². The van der Waals surface area contributed by atoms with Crippen molar-refractivity contribution in [2.24, 2.45) is 0 Å². The second-order valence-corrected chi connectivity index (χ2v) is 3.72. The average Bonchev–Trinajstić information content (AvgIpc) is 2.88. The molecule has 5 nitrogen and oxygen atoms in total. The van der Waals surface area contributed by atoms with E-state index in [9.17, 15) is 4.79 Å². The monoisotopic (exact) mass is 245 g/mol. The number of carbonyl (C=O) groups is 1. The summed E-state index contributed by atoms with van der Waals surface area (Å²) >= 11 is 0. The summed E-state index contributed by atoms with van der Waals surface area (Å²) in [6.07, 6.45) is 1.63. The van der Waals surface area contributed by atoms with E-state index >= 15 is 0 Å². The fraction of sp³-hybridized carbons (Fsp3) is 0.231. The molecule has 0 aliphatic carbocycles. The SMILES string of the molecule is CCNC(=O)c1cccc(-c2cnc(NC)o2)c1. The predicted molar refractivity (Wildman–Crippen MR) is 69.5 cm³/mol. The van der Waals surface area contributed by atoms with Crippen LogP contribution in [0.4, 0.5) is 6.01 Å². The predicted octanol–water partition coefficient (Wildman–Crippen LogP) is 2.13. The Bertz CT molecular complexity index is 549. The fourth-order valence-corrected chi connectivity index (χ4v) is 1.60. The molecule has 0 aliphatic rings. The molecule has 0 aliphatic heterocycles. The lowest BCUT2D eigenvalue weighted by Crippen LogP contribution is -2.22. The first kappa shape index (κ1) is 12.2. The maximum atomic E-state index is 11.7. The third-order valence-corrected chi connectivity index (χ3v) is 2.47. The van der Waals surface area contributed by atoms with Crippen LogP contribution >= 0.6 is 0 Å². The van der Waals surface area contributed by atoms with Gasteiger partial charge in [0.1, 0.15) is 0 Å². The van der Waals surface area contributed by atoms with Crippen LogP contribution in [-0.2, 0) is 0 Å². The van der Waals surface area contributed by atoms with E-state index in [1.54, 1.807) is 25.4 Å². The number of hydrogen-bond donors (Lipinski definition) is 2. The van der Waals surface area contributed by atoms with E-state index in [4.69, 9.17) is 4.42 Å². The number of nitrogens with one attached hydrogen (secondary N) is 2. The number of oxazole rings is 1. The van der Waals surface area contributed by atoms with E-state index < -0.39 is 0 Å². The van der Waals surface area contributed by atoms with Crippen molar-refractivity contribution in [1.82, 2.24) is 10.3 Å². The van der Waals surface area contributed by atoms with Crippen molar-refractivity contribution in [3.8, 4) is 11.3 Å². The lowest BCUT2D eigenvalue weighted by atomic mass is 10.1.